The van der Waals surface area contributed by atoms with E-state index >= 15 is 0 Å². The summed E-state index contributed by atoms with van der Waals surface area (Å²) in [5.41, 5.74) is 6.74. The number of hydrogen-bond donors (Lipinski definition) is 2. The van der Waals surface area contributed by atoms with Crippen LogP contribution < -0.4 is 5.73 Å². The molecule has 2 heterocycles. The molecule has 0 atom stereocenters. The van der Waals surface area contributed by atoms with Crippen molar-refractivity contribution < 1.29 is 9.21 Å². The monoisotopic (exact) mass is 220 g/mol. The maximum absolute atomic E-state index is 11.9. The molecule has 3 N–H and O–H groups in total. The minimum absolute atomic E-state index is 0.162. The molecule has 0 saturated heterocycles. The molecule has 2 aromatic rings. The zero-order valence-corrected chi connectivity index (χ0v) is 8.80. The van der Waals surface area contributed by atoms with E-state index in [0.717, 1.165) is 5.56 Å². The van der Waals surface area contributed by atoms with Gasteiger partial charge in [-0.2, -0.15) is 5.10 Å². The van der Waals surface area contributed by atoms with E-state index in [4.69, 9.17) is 10.2 Å². The number of aromatic amines is 1. The molecule has 0 aliphatic heterocycles. The van der Waals surface area contributed by atoms with Crippen molar-refractivity contribution in [2.24, 2.45) is 0 Å². The Bertz CT molecular complexity index is 475. The van der Waals surface area contributed by atoms with Crippen molar-refractivity contribution in [3.05, 3.63) is 35.9 Å². The summed E-state index contributed by atoms with van der Waals surface area (Å²) in [4.78, 5) is 13.4. The van der Waals surface area contributed by atoms with Gasteiger partial charge in [-0.3, -0.25) is 9.89 Å². The van der Waals surface area contributed by atoms with Crippen molar-refractivity contribution in [2.75, 3.05) is 12.8 Å². The lowest BCUT2D eigenvalue weighted by atomic mass is 10.3. The summed E-state index contributed by atoms with van der Waals surface area (Å²) < 4.78 is 4.93. The van der Waals surface area contributed by atoms with Crippen LogP contribution in [-0.4, -0.2) is 28.1 Å². The number of anilines is 1. The van der Waals surface area contributed by atoms with Crippen LogP contribution in [0, 0.1) is 0 Å². The number of carbonyl (C=O) groups excluding carboxylic acids is 1. The van der Waals surface area contributed by atoms with Gasteiger partial charge in [-0.15, -0.1) is 0 Å². The predicted octanol–water partition coefficient (Wildman–Crippen LogP) is 0.857. The van der Waals surface area contributed by atoms with Crippen molar-refractivity contribution in [1.82, 2.24) is 15.1 Å². The van der Waals surface area contributed by atoms with Crippen LogP contribution in [0.2, 0.25) is 0 Å². The highest BCUT2D eigenvalue weighted by Crippen LogP contribution is 2.08. The van der Waals surface area contributed by atoms with Crippen LogP contribution in [0.3, 0.4) is 0 Å². The molecule has 6 nitrogen and oxygen atoms in total. The fourth-order valence-electron chi connectivity index (χ4n) is 1.38. The molecule has 0 saturated carbocycles. The van der Waals surface area contributed by atoms with E-state index in [1.54, 1.807) is 24.5 Å². The van der Waals surface area contributed by atoms with Gasteiger partial charge in [-0.1, -0.05) is 0 Å². The van der Waals surface area contributed by atoms with Crippen molar-refractivity contribution >= 4 is 11.7 Å². The first kappa shape index (κ1) is 10.3. The summed E-state index contributed by atoms with van der Waals surface area (Å²) in [6.07, 6.45) is 3.17. The fraction of sp³-hybridized carbons (Fsp3) is 0.200. The number of nitrogens with one attached hydrogen (secondary N) is 1. The first-order valence-corrected chi connectivity index (χ1v) is 4.74. The van der Waals surface area contributed by atoms with Gasteiger partial charge in [0.25, 0.3) is 5.91 Å². The van der Waals surface area contributed by atoms with Gasteiger partial charge in [0.2, 0.25) is 0 Å². The lowest BCUT2D eigenvalue weighted by molar-refractivity contribution is 0.0779. The van der Waals surface area contributed by atoms with Crippen LogP contribution in [0.25, 0.3) is 0 Å². The lowest BCUT2D eigenvalue weighted by Crippen LogP contribution is -2.26. The molecule has 0 fully saturated rings. The summed E-state index contributed by atoms with van der Waals surface area (Å²) >= 11 is 0. The molecule has 0 aliphatic carbocycles. The molecule has 1 amide bonds. The van der Waals surface area contributed by atoms with Crippen LogP contribution in [0.4, 0.5) is 5.82 Å². The Morgan fingerprint density at radius 3 is 3.06 bits per heavy atom. The Hall–Kier alpha value is -2.24. The zero-order chi connectivity index (χ0) is 11.5. The maximum atomic E-state index is 11.9. The number of nitrogen functional groups attached to an aromatic ring is 1. The summed E-state index contributed by atoms with van der Waals surface area (Å²) in [7, 11) is 1.70. The number of hydrogen-bond acceptors (Lipinski definition) is 4. The Kier molecular flexibility index (Phi) is 2.63. The second-order valence-electron chi connectivity index (χ2n) is 3.50. The van der Waals surface area contributed by atoms with Gasteiger partial charge in [0.15, 0.2) is 0 Å². The first-order valence-electron chi connectivity index (χ1n) is 4.74. The van der Waals surface area contributed by atoms with E-state index in [1.165, 1.54) is 6.07 Å². The van der Waals surface area contributed by atoms with Crippen LogP contribution >= 0.6 is 0 Å². The minimum Gasteiger partial charge on any atom is -0.472 e. The van der Waals surface area contributed by atoms with Gasteiger partial charge >= 0.3 is 0 Å². The summed E-state index contributed by atoms with van der Waals surface area (Å²) in [6.45, 7) is 0.480. The highest BCUT2D eigenvalue weighted by molar-refractivity contribution is 5.92. The van der Waals surface area contributed by atoms with Gasteiger partial charge in [0, 0.05) is 25.2 Å². The molecular weight excluding hydrogens is 208 g/mol. The highest BCUT2D eigenvalue weighted by Gasteiger charge is 2.14. The molecule has 2 rings (SSSR count). The van der Waals surface area contributed by atoms with Gasteiger partial charge in [0.1, 0.15) is 11.5 Å². The number of nitrogens with two attached hydrogens (primary N) is 1. The molecule has 0 radical (unpaired) electrons. The van der Waals surface area contributed by atoms with E-state index in [0.29, 0.717) is 18.1 Å². The number of rotatable bonds is 3. The standard InChI is InChI=1S/C10H12N4O2/c1-14(5-7-2-3-16-6-7)10(15)8-4-9(11)13-12-8/h2-4,6H,5H2,1H3,(H3,11,12,13). The topological polar surface area (TPSA) is 88.2 Å². The molecule has 84 valence electrons. The minimum atomic E-state index is -0.162. The molecule has 0 unspecified atom stereocenters. The Morgan fingerprint density at radius 2 is 2.50 bits per heavy atom. The molecular formula is C10H12N4O2. The van der Waals surface area contributed by atoms with Crippen molar-refractivity contribution in [2.45, 2.75) is 6.54 Å². The van der Waals surface area contributed by atoms with E-state index in [2.05, 4.69) is 10.2 Å². The number of amides is 1. The number of H-pyrrole nitrogens is 1. The Morgan fingerprint density at radius 1 is 1.69 bits per heavy atom. The number of nitrogens with zero attached hydrogens (tertiary/aromatic N) is 2. The quantitative estimate of drug-likeness (QED) is 0.802. The zero-order valence-electron chi connectivity index (χ0n) is 8.80. The smallest absolute Gasteiger partial charge is 0.271 e. The number of furan rings is 1. The molecule has 0 aliphatic rings. The summed E-state index contributed by atoms with van der Waals surface area (Å²) in [6, 6.07) is 3.32. The first-order chi connectivity index (χ1) is 7.66. The van der Waals surface area contributed by atoms with E-state index < -0.39 is 0 Å². The number of aromatic nitrogens is 2. The largest absolute Gasteiger partial charge is 0.472 e. The number of carbonyl (C=O) groups is 1. The third kappa shape index (κ3) is 2.05. The highest BCUT2D eigenvalue weighted by atomic mass is 16.3. The Balaban J connectivity index is 2.05. The fourth-order valence-corrected chi connectivity index (χ4v) is 1.38. The van der Waals surface area contributed by atoms with E-state index in [9.17, 15) is 4.79 Å². The SMILES string of the molecule is CN(Cc1ccoc1)C(=O)c1cc(N)n[nH]1. The molecule has 2 aromatic heterocycles. The molecule has 16 heavy (non-hydrogen) atoms. The van der Waals surface area contributed by atoms with Crippen LogP contribution in [0.5, 0.6) is 0 Å². The second-order valence-corrected chi connectivity index (χ2v) is 3.50. The maximum Gasteiger partial charge on any atom is 0.271 e. The predicted molar refractivity (Wildman–Crippen MR) is 57.5 cm³/mol. The van der Waals surface area contributed by atoms with E-state index in [-0.39, 0.29) is 5.91 Å². The average molecular weight is 220 g/mol. The average Bonchev–Trinajstić information content (AvgIpc) is 2.88. The molecule has 0 spiro atoms. The van der Waals surface area contributed by atoms with E-state index in [1.807, 2.05) is 6.07 Å². The van der Waals surface area contributed by atoms with Crippen molar-refractivity contribution in [3.8, 4) is 0 Å². The Labute approximate surface area is 92.0 Å². The molecule has 0 bridgehead atoms. The third-order valence-corrected chi connectivity index (χ3v) is 2.17. The van der Waals surface area contributed by atoms with Crippen LogP contribution in [0.1, 0.15) is 16.1 Å². The lowest BCUT2D eigenvalue weighted by Gasteiger charge is -2.14. The summed E-state index contributed by atoms with van der Waals surface area (Å²) in [5, 5.41) is 6.28. The molecule has 0 aromatic carbocycles. The van der Waals surface area contributed by atoms with Gasteiger partial charge < -0.3 is 15.1 Å². The van der Waals surface area contributed by atoms with Crippen molar-refractivity contribution in [1.29, 1.82) is 0 Å². The second kappa shape index (κ2) is 4.09. The van der Waals surface area contributed by atoms with Gasteiger partial charge in [-0.25, -0.2) is 0 Å². The van der Waals surface area contributed by atoms with Crippen LogP contribution in [-0.2, 0) is 6.54 Å². The van der Waals surface area contributed by atoms with Crippen LogP contribution in [0.15, 0.2) is 29.1 Å². The van der Waals surface area contributed by atoms with Gasteiger partial charge in [0.05, 0.1) is 12.5 Å². The normalized spacial score (nSPS) is 10.3. The third-order valence-electron chi connectivity index (χ3n) is 2.17. The van der Waals surface area contributed by atoms with Gasteiger partial charge in [-0.05, 0) is 6.07 Å². The molecule has 6 heteroatoms. The summed E-state index contributed by atoms with van der Waals surface area (Å²) in [5.74, 6) is 0.144. The van der Waals surface area contributed by atoms with Crippen molar-refractivity contribution in [3.63, 3.8) is 0 Å².